The van der Waals surface area contributed by atoms with Crippen LogP contribution in [-0.2, 0) is 5.04 Å². The van der Waals surface area contributed by atoms with Gasteiger partial charge >= 0.3 is 0 Å². The number of hydrogen-bond donors (Lipinski definition) is 2. The largest absolute Gasteiger partial charge is 0.412 e. The van der Waals surface area contributed by atoms with E-state index in [2.05, 4.69) is 5.04 Å². The second-order valence-corrected chi connectivity index (χ2v) is 0.0816. The molecule has 0 bridgehead atoms. The summed E-state index contributed by atoms with van der Waals surface area (Å²) in [6.07, 6.45) is 0. The predicted octanol–water partition coefficient (Wildman–Crippen LogP) is -1.26. The molecule has 5 heavy (non-hydrogen) atoms. The third kappa shape index (κ3) is 177. The average Bonchev–Trinajstić information content (AvgIpc) is 0.918. The lowest BCUT2D eigenvalue weighted by molar-refractivity contribution is -0.465. The van der Waals surface area contributed by atoms with Crippen LogP contribution in [0.5, 0.6) is 0 Å². The molecule has 0 aliphatic heterocycles. The van der Waals surface area contributed by atoms with Gasteiger partial charge in [0.2, 0.25) is 0 Å². The zero-order valence-electron chi connectivity index (χ0n) is 2.38. The Morgan fingerprint density at radius 3 is 1.20 bits per heavy atom. The summed E-state index contributed by atoms with van der Waals surface area (Å²) in [6, 6.07) is 0. The lowest BCUT2D eigenvalue weighted by Crippen LogP contribution is -1.60. The van der Waals surface area contributed by atoms with E-state index in [9.17, 15) is 0 Å². The van der Waals surface area contributed by atoms with Crippen LogP contribution in [0.3, 0.4) is 0 Å². The Labute approximate surface area is 39.3 Å². The van der Waals surface area contributed by atoms with Gasteiger partial charge in [-0.1, -0.05) is 5.04 Å². The fourth-order valence-corrected chi connectivity index (χ4v) is 0. The summed E-state index contributed by atoms with van der Waals surface area (Å²) in [5.74, 6) is 0. The van der Waals surface area contributed by atoms with E-state index >= 15 is 0 Å². The van der Waals surface area contributed by atoms with Gasteiger partial charge in [-0.3, -0.25) is 0 Å². The molecule has 3 radical (unpaired) electrons. The van der Waals surface area contributed by atoms with Crippen molar-refractivity contribution >= 4 is 17.4 Å². The average molecular weight is 95.0 g/mol. The van der Waals surface area contributed by atoms with Crippen molar-refractivity contribution in [3.63, 3.8) is 0 Å². The van der Waals surface area contributed by atoms with E-state index in [0.717, 1.165) is 0 Å². The molecule has 4 nitrogen and oxygen atoms in total. The Morgan fingerprint density at radius 2 is 1.20 bits per heavy atom. The molecule has 0 amide bonds. The fraction of sp³-hybridized carbons (Fsp3) is 0. The molecule has 0 saturated heterocycles. The second-order valence-electron chi connectivity index (χ2n) is 0.0816. The van der Waals surface area contributed by atoms with Crippen LogP contribution < -0.4 is 0 Å². The summed E-state index contributed by atoms with van der Waals surface area (Å²) in [5.41, 5.74) is 0. The Kier molecular flexibility index (Phi) is 96.4. The van der Waals surface area contributed by atoms with Crippen LogP contribution in [0, 0.1) is 0 Å². The zero-order chi connectivity index (χ0) is 2.71. The van der Waals surface area contributed by atoms with Gasteiger partial charge in [0.05, 0.1) is 0 Å². The Bertz CT molecular complexity index is 3.61. The van der Waals surface area contributed by atoms with Crippen molar-refractivity contribution in [3.8, 4) is 0 Å². The fourth-order valence-electron chi connectivity index (χ4n) is 0. The second kappa shape index (κ2) is 26.4. The van der Waals surface area contributed by atoms with Crippen molar-refractivity contribution in [1.82, 2.24) is 0 Å². The summed E-state index contributed by atoms with van der Waals surface area (Å²) in [7, 11) is 0. The highest BCUT2D eigenvalue weighted by molar-refractivity contribution is 5.75. The lowest BCUT2D eigenvalue weighted by Gasteiger charge is -1.56. The van der Waals surface area contributed by atoms with E-state index in [4.69, 9.17) is 10.5 Å². The first-order valence-electron chi connectivity index (χ1n) is 0.365. The lowest BCUT2D eigenvalue weighted by atomic mass is 14.6. The van der Waals surface area contributed by atoms with Crippen molar-refractivity contribution < 1.29 is 21.0 Å². The Balaban J connectivity index is -0.0000000200. The predicted molar refractivity (Wildman–Crippen MR) is 15.7 cm³/mol. The van der Waals surface area contributed by atoms with Crippen LogP contribution in [0.2, 0.25) is 0 Å². The highest BCUT2D eigenvalue weighted by Crippen LogP contribution is 1.24. The molecule has 4 N–H and O–H groups in total. The molecular formula is H4AlO4. The Hall–Kier alpha value is 0.372. The van der Waals surface area contributed by atoms with Crippen LogP contribution in [0.15, 0.2) is 0 Å². The van der Waals surface area contributed by atoms with Crippen molar-refractivity contribution in [3.05, 3.63) is 0 Å². The van der Waals surface area contributed by atoms with Gasteiger partial charge in [-0.05, 0) is 0 Å². The standard InChI is InChI=1S/Al.H2O3.H2O/c;1-3-2;/h;1-2H;1H2. The number of rotatable bonds is 0. The van der Waals surface area contributed by atoms with E-state index in [1.807, 2.05) is 0 Å². The van der Waals surface area contributed by atoms with E-state index in [0.29, 0.717) is 0 Å². The molecular weight excluding hydrogens is 91.0 g/mol. The molecule has 0 aliphatic carbocycles. The summed E-state index contributed by atoms with van der Waals surface area (Å²) < 4.78 is 0. The smallest absolute Gasteiger partial charge is 0 e. The van der Waals surface area contributed by atoms with Gasteiger partial charge in [-0.2, -0.15) is 0 Å². The third-order valence-electron chi connectivity index (χ3n) is 0. The third-order valence-corrected chi connectivity index (χ3v) is 0. The first-order valence-corrected chi connectivity index (χ1v) is 0.365. The quantitative estimate of drug-likeness (QED) is 0.224. The van der Waals surface area contributed by atoms with Gasteiger partial charge in [0.1, 0.15) is 0 Å². The van der Waals surface area contributed by atoms with Crippen LogP contribution in [0.25, 0.3) is 0 Å². The van der Waals surface area contributed by atoms with Crippen LogP contribution in [-0.4, -0.2) is 33.4 Å². The van der Waals surface area contributed by atoms with Gasteiger partial charge in [-0.25, -0.2) is 10.5 Å². The molecule has 0 atom stereocenters. The topological polar surface area (TPSA) is 81.2 Å². The maximum atomic E-state index is 6.62. The van der Waals surface area contributed by atoms with Crippen LogP contribution in [0.4, 0.5) is 0 Å². The maximum Gasteiger partial charge on any atom is 0 e. The van der Waals surface area contributed by atoms with E-state index < -0.39 is 0 Å². The molecule has 0 aromatic rings. The molecule has 0 aliphatic rings. The molecule has 0 heterocycles. The van der Waals surface area contributed by atoms with Crippen LogP contribution in [0.1, 0.15) is 0 Å². The molecule has 0 aromatic carbocycles. The number of hydrogen-bond acceptors (Lipinski definition) is 3. The highest BCUT2D eigenvalue weighted by atomic mass is 27.0. The van der Waals surface area contributed by atoms with Gasteiger partial charge in [0, 0.05) is 17.4 Å². The minimum absolute atomic E-state index is 0. The maximum absolute atomic E-state index is 6.62. The SMILES string of the molecule is O.OOO.[Al]. The zero-order valence-corrected chi connectivity index (χ0v) is 3.53. The van der Waals surface area contributed by atoms with Gasteiger partial charge < -0.3 is 5.48 Å². The summed E-state index contributed by atoms with van der Waals surface area (Å²) in [5, 5.41) is 15.5. The van der Waals surface area contributed by atoms with Crippen molar-refractivity contribution in [1.29, 1.82) is 0 Å². The van der Waals surface area contributed by atoms with Gasteiger partial charge in [0.25, 0.3) is 0 Å². The molecule has 0 aromatic heterocycles. The van der Waals surface area contributed by atoms with Crippen molar-refractivity contribution in [2.45, 2.75) is 0 Å². The minimum atomic E-state index is 0. The monoisotopic (exact) mass is 95.0 g/mol. The molecule has 0 unspecified atom stereocenters. The summed E-state index contributed by atoms with van der Waals surface area (Å²) in [4.78, 5) is 0. The normalized spacial score (nSPS) is 3.60. The molecule has 5 heteroatoms. The minimum Gasteiger partial charge on any atom is -0.412 e. The first-order chi connectivity index (χ1) is 1.41. The van der Waals surface area contributed by atoms with Crippen LogP contribution >= 0.6 is 0 Å². The Morgan fingerprint density at radius 1 is 1.20 bits per heavy atom. The van der Waals surface area contributed by atoms with Crippen molar-refractivity contribution in [2.75, 3.05) is 0 Å². The van der Waals surface area contributed by atoms with E-state index in [1.165, 1.54) is 0 Å². The first kappa shape index (κ1) is 18.2. The molecule has 0 rings (SSSR count). The molecule has 0 fully saturated rings. The highest BCUT2D eigenvalue weighted by Gasteiger charge is 1.27. The molecule has 0 saturated carbocycles. The van der Waals surface area contributed by atoms with E-state index in [-0.39, 0.29) is 22.8 Å². The molecule has 31 valence electrons. The van der Waals surface area contributed by atoms with Crippen molar-refractivity contribution in [2.24, 2.45) is 0 Å². The summed E-state index contributed by atoms with van der Waals surface area (Å²) >= 11 is 0. The molecule has 0 spiro atoms. The van der Waals surface area contributed by atoms with Gasteiger partial charge in [0.15, 0.2) is 0 Å². The van der Waals surface area contributed by atoms with Gasteiger partial charge in [-0.15, -0.1) is 0 Å². The van der Waals surface area contributed by atoms with E-state index in [1.54, 1.807) is 0 Å². The summed E-state index contributed by atoms with van der Waals surface area (Å²) in [6.45, 7) is 0.